The molecule has 0 bridgehead atoms. The molecule has 3 rings (SSSR count). The van der Waals surface area contributed by atoms with Crippen LogP contribution < -0.4 is 0 Å². The Morgan fingerprint density at radius 1 is 0.955 bits per heavy atom. The first-order valence-electron chi connectivity index (χ1n) is 6.81. The van der Waals surface area contributed by atoms with Gasteiger partial charge in [0.2, 0.25) is 0 Å². The molecule has 2 heterocycles. The Labute approximate surface area is 131 Å². The number of rotatable bonds is 2. The Kier molecular flexibility index (Phi) is 3.64. The molecule has 0 aliphatic carbocycles. The highest BCUT2D eigenvalue weighted by Gasteiger charge is 2.18. The Hall–Kier alpha value is -1.95. The zero-order valence-electron chi connectivity index (χ0n) is 12.5. The molecule has 0 saturated carbocycles. The molecule has 0 amide bonds. The monoisotopic (exact) mass is 319 g/mol. The van der Waals surface area contributed by atoms with Crippen LogP contribution in [0.2, 0.25) is 0 Å². The van der Waals surface area contributed by atoms with Crippen LogP contribution in [-0.4, -0.2) is 14.8 Å². The molecule has 3 aromatic rings. The minimum atomic E-state index is -0.586. The van der Waals surface area contributed by atoms with Crippen molar-refractivity contribution in [3.8, 4) is 0 Å². The van der Waals surface area contributed by atoms with Gasteiger partial charge in [0.1, 0.15) is 11.6 Å². The summed E-state index contributed by atoms with van der Waals surface area (Å²) in [6.45, 7) is 6.16. The van der Waals surface area contributed by atoms with E-state index in [9.17, 15) is 8.78 Å². The lowest BCUT2D eigenvalue weighted by Crippen LogP contribution is -2.23. The second kappa shape index (κ2) is 5.35. The summed E-state index contributed by atoms with van der Waals surface area (Å²) in [5.41, 5.74) is 0.636. The predicted molar refractivity (Wildman–Crippen MR) is 83.0 cm³/mol. The maximum atomic E-state index is 13.2. The molecule has 0 radical (unpaired) electrons. The summed E-state index contributed by atoms with van der Waals surface area (Å²) in [6, 6.07) is 5.39. The van der Waals surface area contributed by atoms with Crippen molar-refractivity contribution in [2.24, 2.45) is 0 Å². The number of benzene rings is 1. The molecular formula is C16H15F2N3S. The summed E-state index contributed by atoms with van der Waals surface area (Å²) in [4.78, 5) is 5.75. The minimum absolute atomic E-state index is 0.158. The van der Waals surface area contributed by atoms with Gasteiger partial charge >= 0.3 is 0 Å². The number of fused-ring (bicyclic) bond motifs is 1. The first-order valence-corrected chi connectivity index (χ1v) is 7.63. The molecule has 0 saturated heterocycles. The Morgan fingerprint density at radius 3 is 2.27 bits per heavy atom. The third kappa shape index (κ3) is 2.97. The second-order valence-corrected chi connectivity index (χ2v) is 7.17. The van der Waals surface area contributed by atoms with E-state index in [1.165, 1.54) is 23.9 Å². The lowest BCUT2D eigenvalue weighted by atomic mass is 10.1. The third-order valence-corrected chi connectivity index (χ3v) is 4.02. The van der Waals surface area contributed by atoms with Crippen LogP contribution in [0, 0.1) is 11.6 Å². The van der Waals surface area contributed by atoms with E-state index in [1.54, 1.807) is 12.4 Å². The Bertz CT molecular complexity index is 817. The fraction of sp³-hybridized carbons (Fsp3) is 0.250. The van der Waals surface area contributed by atoms with Gasteiger partial charge in [-0.05, 0) is 39.0 Å². The summed E-state index contributed by atoms with van der Waals surface area (Å²) in [7, 11) is 0. The van der Waals surface area contributed by atoms with Gasteiger partial charge < -0.3 is 0 Å². The number of hydrogen-bond acceptors (Lipinski definition) is 3. The van der Waals surface area contributed by atoms with Crippen LogP contribution in [0.3, 0.4) is 0 Å². The van der Waals surface area contributed by atoms with Crippen LogP contribution in [0.25, 0.3) is 11.0 Å². The van der Waals surface area contributed by atoms with Gasteiger partial charge in [-0.2, -0.15) is 5.10 Å². The highest BCUT2D eigenvalue weighted by atomic mass is 32.2. The number of nitrogens with zero attached hydrogens (tertiary/aromatic N) is 3. The van der Waals surface area contributed by atoms with Gasteiger partial charge in [0.25, 0.3) is 0 Å². The van der Waals surface area contributed by atoms with E-state index < -0.39 is 11.6 Å². The highest BCUT2D eigenvalue weighted by molar-refractivity contribution is 7.99. The van der Waals surface area contributed by atoms with Crippen LogP contribution in [0.1, 0.15) is 20.8 Å². The SMILES string of the molecule is CC(C)(C)n1ncc2cc(Sc3cc(F)cc(F)c3)cnc21. The normalized spacial score (nSPS) is 12.0. The van der Waals surface area contributed by atoms with E-state index >= 15 is 0 Å². The number of pyridine rings is 1. The van der Waals surface area contributed by atoms with Crippen molar-refractivity contribution >= 4 is 22.8 Å². The van der Waals surface area contributed by atoms with Crippen molar-refractivity contribution < 1.29 is 8.78 Å². The molecule has 0 unspecified atom stereocenters. The molecule has 2 aromatic heterocycles. The van der Waals surface area contributed by atoms with Crippen molar-refractivity contribution in [2.75, 3.05) is 0 Å². The van der Waals surface area contributed by atoms with Gasteiger partial charge in [-0.1, -0.05) is 11.8 Å². The quantitative estimate of drug-likeness (QED) is 0.691. The van der Waals surface area contributed by atoms with E-state index in [1.807, 2.05) is 10.7 Å². The Morgan fingerprint density at radius 2 is 1.64 bits per heavy atom. The average Bonchev–Trinajstić information content (AvgIpc) is 2.80. The van der Waals surface area contributed by atoms with Gasteiger partial charge in [-0.3, -0.25) is 0 Å². The molecule has 3 nitrogen and oxygen atoms in total. The molecule has 0 fully saturated rings. The highest BCUT2D eigenvalue weighted by Crippen LogP contribution is 2.31. The van der Waals surface area contributed by atoms with E-state index in [2.05, 4.69) is 30.9 Å². The minimum Gasteiger partial charge on any atom is -0.242 e. The van der Waals surface area contributed by atoms with Gasteiger partial charge in [0.15, 0.2) is 5.65 Å². The van der Waals surface area contributed by atoms with Crippen molar-refractivity contribution in [1.82, 2.24) is 14.8 Å². The molecule has 114 valence electrons. The molecule has 22 heavy (non-hydrogen) atoms. The summed E-state index contributed by atoms with van der Waals surface area (Å²) in [5, 5.41) is 5.27. The average molecular weight is 319 g/mol. The smallest absolute Gasteiger partial charge is 0.158 e. The molecule has 0 atom stereocenters. The first kappa shape index (κ1) is 15.0. The Balaban J connectivity index is 1.96. The largest absolute Gasteiger partial charge is 0.242 e. The number of hydrogen-bond donors (Lipinski definition) is 0. The summed E-state index contributed by atoms with van der Waals surface area (Å²) in [6.07, 6.45) is 3.45. The standard InChI is InChI=1S/C16H15F2N3S/c1-16(2,3)21-15-10(8-20-21)4-14(9-19-15)22-13-6-11(17)5-12(18)7-13/h4-9H,1-3H3. The van der Waals surface area contributed by atoms with Crippen molar-refractivity contribution in [2.45, 2.75) is 36.1 Å². The lowest BCUT2D eigenvalue weighted by Gasteiger charge is -2.19. The molecule has 0 spiro atoms. The molecule has 0 aliphatic rings. The fourth-order valence-corrected chi connectivity index (χ4v) is 3.08. The molecule has 6 heteroatoms. The zero-order valence-corrected chi connectivity index (χ0v) is 13.3. The maximum absolute atomic E-state index is 13.2. The van der Waals surface area contributed by atoms with E-state index in [0.717, 1.165) is 22.0 Å². The van der Waals surface area contributed by atoms with Crippen molar-refractivity contribution in [3.63, 3.8) is 0 Å². The van der Waals surface area contributed by atoms with Crippen molar-refractivity contribution in [3.05, 3.63) is 48.3 Å². The van der Waals surface area contributed by atoms with Gasteiger partial charge in [0, 0.05) is 27.4 Å². The van der Waals surface area contributed by atoms with Crippen molar-refractivity contribution in [1.29, 1.82) is 0 Å². The zero-order chi connectivity index (χ0) is 15.9. The van der Waals surface area contributed by atoms with E-state index in [0.29, 0.717) is 4.90 Å². The van der Waals surface area contributed by atoms with Crippen LogP contribution in [-0.2, 0) is 5.54 Å². The van der Waals surface area contributed by atoms with Crippen LogP contribution >= 0.6 is 11.8 Å². The number of halogens is 2. The number of aromatic nitrogens is 3. The third-order valence-electron chi connectivity index (χ3n) is 3.09. The molecule has 0 aliphatic heterocycles. The van der Waals surface area contributed by atoms with Gasteiger partial charge in [-0.25, -0.2) is 18.4 Å². The second-order valence-electron chi connectivity index (χ2n) is 6.02. The van der Waals surface area contributed by atoms with Gasteiger partial charge in [-0.15, -0.1) is 0 Å². The fourth-order valence-electron chi connectivity index (χ4n) is 2.17. The maximum Gasteiger partial charge on any atom is 0.158 e. The summed E-state index contributed by atoms with van der Waals surface area (Å²) < 4.78 is 28.3. The molecular weight excluding hydrogens is 304 g/mol. The lowest BCUT2D eigenvalue weighted by molar-refractivity contribution is 0.366. The van der Waals surface area contributed by atoms with E-state index in [-0.39, 0.29) is 5.54 Å². The first-order chi connectivity index (χ1) is 10.3. The van der Waals surface area contributed by atoms with E-state index in [4.69, 9.17) is 0 Å². The van der Waals surface area contributed by atoms with Crippen LogP contribution in [0.5, 0.6) is 0 Å². The summed E-state index contributed by atoms with van der Waals surface area (Å²) in [5.74, 6) is -1.17. The van der Waals surface area contributed by atoms with Gasteiger partial charge in [0.05, 0.1) is 11.7 Å². The summed E-state index contributed by atoms with van der Waals surface area (Å²) >= 11 is 1.27. The van der Waals surface area contributed by atoms with Crippen LogP contribution in [0.15, 0.2) is 46.5 Å². The molecule has 1 aromatic carbocycles. The molecule has 0 N–H and O–H groups in total. The predicted octanol–water partition coefficient (Wildman–Crippen LogP) is 4.62. The van der Waals surface area contributed by atoms with Crippen LogP contribution in [0.4, 0.5) is 8.78 Å². The topological polar surface area (TPSA) is 30.7 Å².